The summed E-state index contributed by atoms with van der Waals surface area (Å²) in [7, 11) is 0. The summed E-state index contributed by atoms with van der Waals surface area (Å²) < 4.78 is 5.07. The third-order valence-electron chi connectivity index (χ3n) is 3.82. The maximum absolute atomic E-state index is 12.2. The number of carbonyl (C=O) groups is 1. The SMILES string of the molecule is CCOC(=O)c1ccccc1Nc1ncnc(N(CCC#N)CCC#N)c1N. The number of hydrogen-bond acceptors (Lipinski definition) is 9. The number of nitrogens with one attached hydrogen (secondary N) is 1. The Morgan fingerprint density at radius 3 is 2.54 bits per heavy atom. The van der Waals surface area contributed by atoms with Crippen LogP contribution in [0.2, 0.25) is 0 Å². The highest BCUT2D eigenvalue weighted by Gasteiger charge is 2.17. The number of nitrogens with two attached hydrogens (primary N) is 1. The molecule has 28 heavy (non-hydrogen) atoms. The molecule has 0 aliphatic heterocycles. The van der Waals surface area contributed by atoms with Gasteiger partial charge in [0.1, 0.15) is 12.0 Å². The summed E-state index contributed by atoms with van der Waals surface area (Å²) >= 11 is 0. The smallest absolute Gasteiger partial charge is 0.340 e. The van der Waals surface area contributed by atoms with Gasteiger partial charge in [-0.25, -0.2) is 14.8 Å². The molecule has 0 fully saturated rings. The van der Waals surface area contributed by atoms with E-state index in [1.807, 2.05) is 0 Å². The van der Waals surface area contributed by atoms with E-state index in [0.717, 1.165) is 0 Å². The standard InChI is InChI=1S/C19H21N7O2/c1-2-28-19(27)14-7-3-4-8-15(14)25-17-16(22)18(24-13-23-17)26(11-5-9-20)12-6-10-21/h3-4,7-8,13H,2,5-6,11-12,22H2,1H3,(H,23,24,25). The molecule has 144 valence electrons. The number of rotatable bonds is 9. The number of nitrogen functional groups attached to an aromatic ring is 1. The van der Waals surface area contributed by atoms with E-state index in [1.165, 1.54) is 6.33 Å². The summed E-state index contributed by atoms with van der Waals surface area (Å²) in [5, 5.41) is 20.8. The molecule has 2 aromatic rings. The lowest BCUT2D eigenvalue weighted by Crippen LogP contribution is -2.27. The largest absolute Gasteiger partial charge is 0.462 e. The van der Waals surface area contributed by atoms with E-state index in [9.17, 15) is 4.79 Å². The fraction of sp³-hybridized carbons (Fsp3) is 0.316. The first-order valence-corrected chi connectivity index (χ1v) is 8.74. The van der Waals surface area contributed by atoms with Gasteiger partial charge >= 0.3 is 5.97 Å². The summed E-state index contributed by atoms with van der Waals surface area (Å²) in [6, 6.07) is 11.0. The van der Waals surface area contributed by atoms with Gasteiger partial charge in [-0.3, -0.25) is 0 Å². The van der Waals surface area contributed by atoms with Crippen LogP contribution in [-0.2, 0) is 4.74 Å². The Labute approximate surface area is 163 Å². The molecule has 0 radical (unpaired) electrons. The van der Waals surface area contributed by atoms with Crippen LogP contribution in [0.15, 0.2) is 30.6 Å². The van der Waals surface area contributed by atoms with Crippen molar-refractivity contribution in [3.63, 3.8) is 0 Å². The quantitative estimate of drug-likeness (QED) is 0.629. The molecule has 3 N–H and O–H groups in total. The molecule has 0 bridgehead atoms. The van der Waals surface area contributed by atoms with Crippen molar-refractivity contribution in [2.45, 2.75) is 19.8 Å². The predicted molar refractivity (Wildman–Crippen MR) is 105 cm³/mol. The monoisotopic (exact) mass is 379 g/mol. The minimum atomic E-state index is -0.455. The van der Waals surface area contributed by atoms with Gasteiger partial charge in [-0.15, -0.1) is 0 Å². The Bertz CT molecular complexity index is 884. The van der Waals surface area contributed by atoms with Crippen molar-refractivity contribution in [3.05, 3.63) is 36.2 Å². The second-order valence-electron chi connectivity index (χ2n) is 5.65. The van der Waals surface area contributed by atoms with Gasteiger partial charge < -0.3 is 20.7 Å². The van der Waals surface area contributed by atoms with Crippen LogP contribution in [0.3, 0.4) is 0 Å². The van der Waals surface area contributed by atoms with Crippen LogP contribution >= 0.6 is 0 Å². The first-order chi connectivity index (χ1) is 13.6. The lowest BCUT2D eigenvalue weighted by atomic mass is 10.1. The molecule has 0 aliphatic carbocycles. The van der Waals surface area contributed by atoms with Gasteiger partial charge in [0.2, 0.25) is 0 Å². The zero-order chi connectivity index (χ0) is 20.4. The second-order valence-corrected chi connectivity index (χ2v) is 5.65. The normalized spacial score (nSPS) is 9.82. The van der Waals surface area contributed by atoms with Crippen LogP contribution < -0.4 is 16.0 Å². The fourth-order valence-electron chi connectivity index (χ4n) is 2.54. The minimum Gasteiger partial charge on any atom is -0.462 e. The maximum Gasteiger partial charge on any atom is 0.340 e. The maximum atomic E-state index is 12.2. The number of nitrogens with zero attached hydrogens (tertiary/aromatic N) is 5. The van der Waals surface area contributed by atoms with E-state index >= 15 is 0 Å². The van der Waals surface area contributed by atoms with Crippen molar-refractivity contribution >= 4 is 29.0 Å². The number of carbonyl (C=O) groups excluding carboxylic acids is 1. The molecule has 2 rings (SSSR count). The number of esters is 1. The van der Waals surface area contributed by atoms with E-state index < -0.39 is 5.97 Å². The Morgan fingerprint density at radius 1 is 1.21 bits per heavy atom. The first-order valence-electron chi connectivity index (χ1n) is 8.74. The third-order valence-corrected chi connectivity index (χ3v) is 3.82. The predicted octanol–water partition coefficient (Wildman–Crippen LogP) is 2.61. The van der Waals surface area contributed by atoms with Crippen molar-refractivity contribution < 1.29 is 9.53 Å². The number of hydrogen-bond donors (Lipinski definition) is 2. The molecule has 0 aliphatic rings. The number of aromatic nitrogens is 2. The molecule has 1 heterocycles. The lowest BCUT2D eigenvalue weighted by Gasteiger charge is -2.23. The van der Waals surface area contributed by atoms with E-state index in [1.54, 1.807) is 36.1 Å². The average Bonchev–Trinajstić information content (AvgIpc) is 2.70. The Balaban J connectivity index is 2.34. The fourth-order valence-corrected chi connectivity index (χ4v) is 2.54. The van der Waals surface area contributed by atoms with Gasteiger partial charge in [-0.1, -0.05) is 12.1 Å². The van der Waals surface area contributed by atoms with Crippen LogP contribution in [0.1, 0.15) is 30.1 Å². The topological polar surface area (TPSA) is 141 Å². The van der Waals surface area contributed by atoms with Crippen LogP contribution in [0.5, 0.6) is 0 Å². The van der Waals surface area contributed by atoms with Crippen LogP contribution in [-0.4, -0.2) is 35.6 Å². The van der Waals surface area contributed by atoms with E-state index in [4.69, 9.17) is 21.0 Å². The highest BCUT2D eigenvalue weighted by molar-refractivity contribution is 5.97. The van der Waals surface area contributed by atoms with Gasteiger partial charge in [-0.2, -0.15) is 10.5 Å². The number of anilines is 4. The minimum absolute atomic E-state index is 0.261. The van der Waals surface area contributed by atoms with Crippen molar-refractivity contribution in [1.82, 2.24) is 9.97 Å². The Kier molecular flexibility index (Phi) is 7.55. The van der Waals surface area contributed by atoms with Crippen molar-refractivity contribution in [3.8, 4) is 12.1 Å². The highest BCUT2D eigenvalue weighted by Crippen LogP contribution is 2.30. The van der Waals surface area contributed by atoms with Gasteiger partial charge in [0.05, 0.1) is 42.8 Å². The third kappa shape index (κ3) is 5.08. The molecule has 0 unspecified atom stereocenters. The summed E-state index contributed by atoms with van der Waals surface area (Å²) in [4.78, 5) is 22.3. The van der Waals surface area contributed by atoms with E-state index in [2.05, 4.69) is 27.4 Å². The van der Waals surface area contributed by atoms with Crippen LogP contribution in [0.25, 0.3) is 0 Å². The summed E-state index contributed by atoms with van der Waals surface area (Å²) in [6.07, 6.45) is 1.87. The van der Waals surface area contributed by atoms with Crippen LogP contribution in [0, 0.1) is 22.7 Å². The molecule has 9 nitrogen and oxygen atoms in total. The molecule has 0 atom stereocenters. The van der Waals surface area contributed by atoms with Crippen LogP contribution in [0.4, 0.5) is 23.0 Å². The van der Waals surface area contributed by atoms with Gasteiger partial charge in [0.25, 0.3) is 0 Å². The number of benzene rings is 1. The van der Waals surface area contributed by atoms with Gasteiger partial charge in [0.15, 0.2) is 11.6 Å². The van der Waals surface area contributed by atoms with E-state index in [-0.39, 0.29) is 25.1 Å². The zero-order valence-corrected chi connectivity index (χ0v) is 15.6. The zero-order valence-electron chi connectivity index (χ0n) is 15.6. The molecular formula is C19H21N7O2. The van der Waals surface area contributed by atoms with Crippen molar-refractivity contribution in [2.75, 3.05) is 35.6 Å². The van der Waals surface area contributed by atoms with E-state index in [0.29, 0.717) is 36.0 Å². The molecule has 1 aromatic carbocycles. The van der Waals surface area contributed by atoms with Crippen molar-refractivity contribution in [1.29, 1.82) is 10.5 Å². The molecule has 9 heteroatoms. The molecule has 1 aromatic heterocycles. The number of nitriles is 2. The second kappa shape index (κ2) is 10.3. The molecular weight excluding hydrogens is 358 g/mol. The Morgan fingerprint density at radius 2 is 1.89 bits per heavy atom. The summed E-state index contributed by atoms with van der Waals surface area (Å²) in [6.45, 7) is 2.77. The van der Waals surface area contributed by atoms with Gasteiger partial charge in [-0.05, 0) is 19.1 Å². The average molecular weight is 379 g/mol. The van der Waals surface area contributed by atoms with Gasteiger partial charge in [0, 0.05) is 13.1 Å². The molecule has 0 spiro atoms. The van der Waals surface area contributed by atoms with Crippen molar-refractivity contribution in [2.24, 2.45) is 0 Å². The number of ether oxygens (including phenoxy) is 1. The molecule has 0 amide bonds. The Hall–Kier alpha value is -3.85. The number of para-hydroxylation sites is 1. The lowest BCUT2D eigenvalue weighted by molar-refractivity contribution is 0.0527. The highest BCUT2D eigenvalue weighted by atomic mass is 16.5. The molecule has 0 saturated heterocycles. The first kappa shape index (κ1) is 20.5. The summed E-state index contributed by atoms with van der Waals surface area (Å²) in [5.41, 5.74) is 7.36. The summed E-state index contributed by atoms with van der Waals surface area (Å²) in [5.74, 6) is 0.292. The molecule has 0 saturated carbocycles.